The summed E-state index contributed by atoms with van der Waals surface area (Å²) in [5.41, 5.74) is 4.98. The molecule has 0 radical (unpaired) electrons. The van der Waals surface area contributed by atoms with Gasteiger partial charge in [-0.15, -0.1) is 0 Å². The highest BCUT2D eigenvalue weighted by molar-refractivity contribution is 5.96. The van der Waals surface area contributed by atoms with Crippen LogP contribution in [0.25, 0.3) is 0 Å². The number of nitrogens with one attached hydrogen (secondary N) is 1. The lowest BCUT2D eigenvalue weighted by atomic mass is 9.95. The Morgan fingerprint density at radius 3 is 2.35 bits per heavy atom. The van der Waals surface area contributed by atoms with Crippen molar-refractivity contribution in [2.24, 2.45) is 11.7 Å². The van der Waals surface area contributed by atoms with Gasteiger partial charge < -0.3 is 10.6 Å². The number of piperidine rings is 1. The van der Waals surface area contributed by atoms with Gasteiger partial charge in [0.2, 0.25) is 5.91 Å². The van der Waals surface area contributed by atoms with Crippen LogP contribution < -0.4 is 11.1 Å². The Hall–Kier alpha value is -1.14. The van der Waals surface area contributed by atoms with Gasteiger partial charge in [0.05, 0.1) is 6.04 Å². The van der Waals surface area contributed by atoms with Crippen molar-refractivity contribution in [2.75, 3.05) is 32.7 Å². The fourth-order valence-electron chi connectivity index (χ4n) is 3.24. The fourth-order valence-corrected chi connectivity index (χ4v) is 3.24. The van der Waals surface area contributed by atoms with Crippen molar-refractivity contribution in [3.05, 3.63) is 0 Å². The molecule has 6 nitrogen and oxygen atoms in total. The standard InChI is InChI=1S/C14H26N4O2/c1-11(13(19)16-14(15)20)18-8-4-12(5-9-18)10-17-6-2-3-7-17/h11-12H,2-10H2,1H3,(H3,15,16,19,20). The van der Waals surface area contributed by atoms with Crippen molar-refractivity contribution in [1.29, 1.82) is 0 Å². The van der Waals surface area contributed by atoms with Crippen LogP contribution in [0.1, 0.15) is 32.6 Å². The van der Waals surface area contributed by atoms with E-state index in [1.54, 1.807) is 0 Å². The Morgan fingerprint density at radius 1 is 1.20 bits per heavy atom. The molecule has 0 saturated carbocycles. The largest absolute Gasteiger partial charge is 0.351 e. The van der Waals surface area contributed by atoms with Crippen LogP contribution in [-0.4, -0.2) is 60.5 Å². The topological polar surface area (TPSA) is 78.7 Å². The highest BCUT2D eigenvalue weighted by Crippen LogP contribution is 2.21. The SMILES string of the molecule is CC(C(=O)NC(N)=O)N1CCC(CN2CCCC2)CC1. The average Bonchev–Trinajstić information content (AvgIpc) is 2.91. The monoisotopic (exact) mass is 282 g/mol. The molecular weight excluding hydrogens is 256 g/mol. The lowest BCUT2D eigenvalue weighted by Gasteiger charge is -2.36. The summed E-state index contributed by atoms with van der Waals surface area (Å²) < 4.78 is 0. The quantitative estimate of drug-likeness (QED) is 0.781. The van der Waals surface area contributed by atoms with Gasteiger partial charge in [0, 0.05) is 6.54 Å². The van der Waals surface area contributed by atoms with Crippen molar-refractivity contribution in [2.45, 2.75) is 38.6 Å². The van der Waals surface area contributed by atoms with Crippen molar-refractivity contribution in [1.82, 2.24) is 15.1 Å². The number of primary amides is 1. The van der Waals surface area contributed by atoms with E-state index in [-0.39, 0.29) is 11.9 Å². The van der Waals surface area contributed by atoms with Gasteiger partial charge in [0.25, 0.3) is 0 Å². The van der Waals surface area contributed by atoms with E-state index in [2.05, 4.69) is 15.1 Å². The number of carbonyl (C=O) groups excluding carboxylic acids is 2. The second-order valence-corrected chi connectivity index (χ2v) is 6.02. The summed E-state index contributed by atoms with van der Waals surface area (Å²) in [5, 5.41) is 2.16. The number of likely N-dealkylation sites (tertiary alicyclic amines) is 2. The molecule has 3 N–H and O–H groups in total. The van der Waals surface area contributed by atoms with Crippen LogP contribution in [0, 0.1) is 5.92 Å². The summed E-state index contributed by atoms with van der Waals surface area (Å²) in [5.74, 6) is 0.450. The lowest BCUT2D eigenvalue weighted by Crippen LogP contribution is -2.51. The van der Waals surface area contributed by atoms with E-state index in [4.69, 9.17) is 5.73 Å². The number of urea groups is 1. The Balaban J connectivity index is 1.72. The van der Waals surface area contributed by atoms with Crippen LogP contribution in [0.4, 0.5) is 4.79 Å². The molecule has 0 aromatic carbocycles. The molecule has 2 heterocycles. The van der Waals surface area contributed by atoms with Gasteiger partial charge in [-0.3, -0.25) is 15.0 Å². The zero-order chi connectivity index (χ0) is 14.5. The molecule has 2 rings (SSSR count). The number of hydrogen-bond acceptors (Lipinski definition) is 4. The smallest absolute Gasteiger partial charge is 0.318 e. The zero-order valence-electron chi connectivity index (χ0n) is 12.3. The Labute approximate surface area is 120 Å². The highest BCUT2D eigenvalue weighted by Gasteiger charge is 2.28. The molecule has 0 aliphatic carbocycles. The number of imide groups is 1. The van der Waals surface area contributed by atoms with Gasteiger partial charge in [-0.05, 0) is 64.7 Å². The van der Waals surface area contributed by atoms with E-state index in [1.165, 1.54) is 32.5 Å². The van der Waals surface area contributed by atoms with Crippen molar-refractivity contribution in [3.8, 4) is 0 Å². The molecule has 0 aromatic heterocycles. The minimum Gasteiger partial charge on any atom is -0.351 e. The number of rotatable bonds is 4. The molecule has 0 spiro atoms. The Bertz CT molecular complexity index is 347. The number of nitrogens with two attached hydrogens (primary N) is 1. The molecule has 1 atom stereocenters. The molecule has 6 heteroatoms. The molecule has 3 amide bonds. The lowest BCUT2D eigenvalue weighted by molar-refractivity contribution is -0.125. The first-order valence-electron chi connectivity index (χ1n) is 7.63. The minimum absolute atomic E-state index is 0.282. The molecule has 2 aliphatic heterocycles. The number of amides is 3. The van der Waals surface area contributed by atoms with Gasteiger partial charge in [-0.25, -0.2) is 4.79 Å². The van der Waals surface area contributed by atoms with E-state index in [1.807, 2.05) is 6.92 Å². The van der Waals surface area contributed by atoms with Crippen LogP contribution >= 0.6 is 0 Å². The van der Waals surface area contributed by atoms with E-state index >= 15 is 0 Å². The summed E-state index contributed by atoms with van der Waals surface area (Å²) in [4.78, 5) is 27.2. The molecule has 114 valence electrons. The summed E-state index contributed by atoms with van der Waals surface area (Å²) >= 11 is 0. The van der Waals surface area contributed by atoms with Crippen LogP contribution in [-0.2, 0) is 4.79 Å². The molecule has 2 fully saturated rings. The predicted octanol–water partition coefficient (Wildman–Crippen LogP) is 0.378. The first kappa shape index (κ1) is 15.3. The van der Waals surface area contributed by atoms with Gasteiger partial charge in [-0.1, -0.05) is 0 Å². The molecule has 20 heavy (non-hydrogen) atoms. The molecular formula is C14H26N4O2. The predicted molar refractivity (Wildman–Crippen MR) is 77.2 cm³/mol. The Kier molecular flexibility index (Phi) is 5.37. The molecule has 0 bridgehead atoms. The van der Waals surface area contributed by atoms with E-state index in [0.717, 1.165) is 31.8 Å². The maximum atomic E-state index is 11.8. The highest BCUT2D eigenvalue weighted by atomic mass is 16.2. The molecule has 1 unspecified atom stereocenters. The normalized spacial score (nSPS) is 23.6. The van der Waals surface area contributed by atoms with Crippen molar-refractivity contribution >= 4 is 11.9 Å². The Morgan fingerprint density at radius 2 is 1.80 bits per heavy atom. The van der Waals surface area contributed by atoms with Crippen molar-refractivity contribution in [3.63, 3.8) is 0 Å². The van der Waals surface area contributed by atoms with Gasteiger partial charge in [-0.2, -0.15) is 0 Å². The third kappa shape index (κ3) is 4.18. The summed E-state index contributed by atoms with van der Waals surface area (Å²) in [6, 6.07) is -1.05. The van der Waals surface area contributed by atoms with Crippen LogP contribution in [0.3, 0.4) is 0 Å². The maximum absolute atomic E-state index is 11.8. The first-order chi connectivity index (χ1) is 9.56. The van der Waals surface area contributed by atoms with Crippen molar-refractivity contribution < 1.29 is 9.59 Å². The maximum Gasteiger partial charge on any atom is 0.318 e. The minimum atomic E-state index is -0.772. The second-order valence-electron chi connectivity index (χ2n) is 6.02. The van der Waals surface area contributed by atoms with Gasteiger partial charge >= 0.3 is 6.03 Å². The molecule has 2 aliphatic rings. The fraction of sp³-hybridized carbons (Fsp3) is 0.857. The number of nitrogens with zero attached hydrogens (tertiary/aromatic N) is 2. The van der Waals surface area contributed by atoms with Gasteiger partial charge in [0.15, 0.2) is 0 Å². The summed E-state index contributed by atoms with van der Waals surface area (Å²) in [7, 11) is 0. The average molecular weight is 282 g/mol. The summed E-state index contributed by atoms with van der Waals surface area (Å²) in [6.07, 6.45) is 4.93. The van der Waals surface area contributed by atoms with Crippen LogP contribution in [0.5, 0.6) is 0 Å². The molecule has 0 aromatic rings. The van der Waals surface area contributed by atoms with E-state index < -0.39 is 6.03 Å². The summed E-state index contributed by atoms with van der Waals surface area (Å²) in [6.45, 7) is 7.38. The zero-order valence-corrected chi connectivity index (χ0v) is 12.3. The first-order valence-corrected chi connectivity index (χ1v) is 7.63. The number of hydrogen-bond donors (Lipinski definition) is 2. The van der Waals surface area contributed by atoms with E-state index in [9.17, 15) is 9.59 Å². The number of carbonyl (C=O) groups is 2. The van der Waals surface area contributed by atoms with Crippen LogP contribution in [0.2, 0.25) is 0 Å². The second kappa shape index (κ2) is 7.04. The van der Waals surface area contributed by atoms with Crippen LogP contribution in [0.15, 0.2) is 0 Å². The third-order valence-corrected chi connectivity index (χ3v) is 4.54. The molecule has 2 saturated heterocycles. The third-order valence-electron chi connectivity index (χ3n) is 4.54. The van der Waals surface area contributed by atoms with Gasteiger partial charge in [0.1, 0.15) is 0 Å². The van der Waals surface area contributed by atoms with E-state index in [0.29, 0.717) is 0 Å².